The molecule has 0 saturated carbocycles. The third-order valence-corrected chi connectivity index (χ3v) is 7.52. The Morgan fingerprint density at radius 3 is 2.44 bits per heavy atom. The van der Waals surface area contributed by atoms with Crippen LogP contribution in [0.4, 0.5) is 5.13 Å². The number of aryl methyl sites for hydroxylation is 1. The highest BCUT2D eigenvalue weighted by Gasteiger charge is 2.48. The van der Waals surface area contributed by atoms with E-state index in [0.29, 0.717) is 40.1 Å². The van der Waals surface area contributed by atoms with E-state index >= 15 is 0 Å². The minimum Gasteiger partial charge on any atom is -0.507 e. The van der Waals surface area contributed by atoms with Crippen LogP contribution < -0.4 is 19.1 Å². The Hall–Kier alpha value is -4.37. The summed E-state index contributed by atoms with van der Waals surface area (Å²) in [6.45, 7) is 4.56. The molecule has 1 N–H and O–H groups in total. The Bertz CT molecular complexity index is 1590. The van der Waals surface area contributed by atoms with Crippen molar-refractivity contribution in [2.45, 2.75) is 26.3 Å². The van der Waals surface area contributed by atoms with E-state index in [2.05, 4.69) is 4.98 Å². The molecule has 200 valence electrons. The fraction of sp³-hybridized carbons (Fsp3) is 0.233. The molecule has 1 aliphatic rings. The minimum absolute atomic E-state index is 0.0371. The van der Waals surface area contributed by atoms with Crippen LogP contribution in [0.3, 0.4) is 0 Å². The summed E-state index contributed by atoms with van der Waals surface area (Å²) in [5.74, 6) is -0.275. The highest BCUT2D eigenvalue weighted by atomic mass is 32.1. The number of nitrogens with zero attached hydrogens (tertiary/aromatic N) is 2. The number of ketones is 1. The summed E-state index contributed by atoms with van der Waals surface area (Å²) in [5.41, 5.74) is 2.69. The number of ether oxygens (including phenoxy) is 3. The van der Waals surface area contributed by atoms with Crippen molar-refractivity contribution >= 4 is 44.1 Å². The lowest BCUT2D eigenvalue weighted by Gasteiger charge is -2.23. The number of hydrogen-bond donors (Lipinski definition) is 1. The van der Waals surface area contributed by atoms with E-state index in [9.17, 15) is 14.7 Å². The van der Waals surface area contributed by atoms with Gasteiger partial charge in [0.05, 0.1) is 42.7 Å². The Balaban J connectivity index is 1.68. The molecule has 1 amide bonds. The molecule has 39 heavy (non-hydrogen) atoms. The van der Waals surface area contributed by atoms with Crippen molar-refractivity contribution in [2.75, 3.05) is 25.7 Å². The van der Waals surface area contributed by atoms with Gasteiger partial charge in [-0.25, -0.2) is 4.98 Å². The number of aromatic nitrogens is 1. The van der Waals surface area contributed by atoms with Crippen LogP contribution in [0.5, 0.6) is 17.2 Å². The van der Waals surface area contributed by atoms with Gasteiger partial charge < -0.3 is 19.3 Å². The first-order valence-electron chi connectivity index (χ1n) is 12.5. The molecule has 0 spiro atoms. The average Bonchev–Trinajstić information content (AvgIpc) is 3.48. The summed E-state index contributed by atoms with van der Waals surface area (Å²) in [6.07, 6.45) is 0.863. The zero-order valence-corrected chi connectivity index (χ0v) is 22.9. The second-order valence-electron chi connectivity index (χ2n) is 9.12. The lowest BCUT2D eigenvalue weighted by molar-refractivity contribution is -0.132. The lowest BCUT2D eigenvalue weighted by atomic mass is 9.95. The molecule has 0 bridgehead atoms. The largest absolute Gasteiger partial charge is 0.507 e. The molecule has 0 radical (unpaired) electrons. The van der Waals surface area contributed by atoms with Gasteiger partial charge >= 0.3 is 5.91 Å². The van der Waals surface area contributed by atoms with Crippen molar-refractivity contribution in [3.05, 3.63) is 82.9 Å². The van der Waals surface area contributed by atoms with Crippen LogP contribution in [0, 0.1) is 6.92 Å². The van der Waals surface area contributed by atoms with Crippen LogP contribution in [0.15, 0.2) is 66.2 Å². The normalized spacial score (nSPS) is 16.6. The van der Waals surface area contributed by atoms with Gasteiger partial charge in [0.2, 0.25) is 0 Å². The quantitative estimate of drug-likeness (QED) is 0.164. The topological polar surface area (TPSA) is 98.2 Å². The number of Topliss-reactive ketones (excluding diaryl/α,β-unsaturated/α-hetero) is 1. The van der Waals surface area contributed by atoms with E-state index in [1.54, 1.807) is 42.5 Å². The third-order valence-electron chi connectivity index (χ3n) is 6.51. The SMILES string of the molecule is CCCOc1ccc(C(O)=C2C(=O)C(=O)N(c3nc4ccc(C)cc4s3)C2c2ccc(OC)c(OC)c2)cc1. The molecule has 2 heterocycles. The maximum absolute atomic E-state index is 13.6. The minimum atomic E-state index is -0.942. The van der Waals surface area contributed by atoms with Gasteiger partial charge in [-0.05, 0) is 73.0 Å². The molecule has 1 saturated heterocycles. The first-order valence-corrected chi connectivity index (χ1v) is 13.3. The maximum atomic E-state index is 13.6. The van der Waals surface area contributed by atoms with E-state index in [-0.39, 0.29) is 11.3 Å². The highest BCUT2D eigenvalue weighted by molar-refractivity contribution is 7.22. The smallest absolute Gasteiger partial charge is 0.301 e. The van der Waals surface area contributed by atoms with E-state index in [1.807, 2.05) is 32.0 Å². The van der Waals surface area contributed by atoms with Crippen LogP contribution in [-0.4, -0.2) is 42.6 Å². The number of aliphatic hydroxyl groups is 1. The molecule has 5 rings (SSSR count). The van der Waals surface area contributed by atoms with Crippen LogP contribution >= 0.6 is 11.3 Å². The lowest BCUT2D eigenvalue weighted by Crippen LogP contribution is -2.29. The van der Waals surface area contributed by atoms with E-state index in [4.69, 9.17) is 14.2 Å². The number of carbonyl (C=O) groups excluding carboxylic acids is 2. The molecule has 9 heteroatoms. The van der Waals surface area contributed by atoms with E-state index in [0.717, 1.165) is 22.2 Å². The molecule has 1 fully saturated rings. The number of carbonyl (C=O) groups is 2. The predicted molar refractivity (Wildman–Crippen MR) is 151 cm³/mol. The van der Waals surface area contributed by atoms with Gasteiger partial charge in [-0.15, -0.1) is 0 Å². The molecule has 4 aromatic rings. The van der Waals surface area contributed by atoms with E-state index < -0.39 is 17.7 Å². The number of aliphatic hydroxyl groups excluding tert-OH is 1. The average molecular weight is 545 g/mol. The van der Waals surface area contributed by atoms with Gasteiger partial charge in [0.1, 0.15) is 11.5 Å². The van der Waals surface area contributed by atoms with Gasteiger partial charge in [0, 0.05) is 5.56 Å². The standard InChI is InChI=1S/C30H28N2O6S/c1-5-14-38-20-10-7-18(8-11-20)27(33)25-26(19-9-13-22(36-3)23(16-19)37-4)32(29(35)28(25)34)30-31-21-12-6-17(2)15-24(21)39-30/h6-13,15-16,26,33H,5,14H2,1-4H3. The summed E-state index contributed by atoms with van der Waals surface area (Å²) in [4.78, 5) is 33.1. The maximum Gasteiger partial charge on any atom is 0.301 e. The zero-order chi connectivity index (χ0) is 27.7. The number of methoxy groups -OCH3 is 2. The molecule has 8 nitrogen and oxygen atoms in total. The first kappa shape index (κ1) is 26.2. The molecular weight excluding hydrogens is 516 g/mol. The van der Waals surface area contributed by atoms with Crippen molar-refractivity contribution < 1.29 is 28.9 Å². The number of fused-ring (bicyclic) bond motifs is 1. The predicted octanol–water partition coefficient (Wildman–Crippen LogP) is 6.04. The summed E-state index contributed by atoms with van der Waals surface area (Å²) in [5, 5.41) is 11.8. The summed E-state index contributed by atoms with van der Waals surface area (Å²) in [7, 11) is 3.04. The zero-order valence-electron chi connectivity index (χ0n) is 22.1. The van der Waals surface area contributed by atoms with Crippen molar-refractivity contribution in [1.29, 1.82) is 0 Å². The number of thiazole rings is 1. The van der Waals surface area contributed by atoms with Crippen molar-refractivity contribution in [2.24, 2.45) is 0 Å². The van der Waals surface area contributed by atoms with Crippen molar-refractivity contribution in [3.8, 4) is 17.2 Å². The van der Waals surface area contributed by atoms with Gasteiger partial charge in [-0.3, -0.25) is 14.5 Å². The van der Waals surface area contributed by atoms with Crippen LogP contribution in [0.2, 0.25) is 0 Å². The van der Waals surface area contributed by atoms with Crippen molar-refractivity contribution in [3.63, 3.8) is 0 Å². The second kappa shape index (κ2) is 10.8. The third kappa shape index (κ3) is 4.81. The Kier molecular flexibility index (Phi) is 7.26. The second-order valence-corrected chi connectivity index (χ2v) is 10.1. The molecule has 1 aromatic heterocycles. The van der Waals surface area contributed by atoms with Gasteiger partial charge in [-0.1, -0.05) is 30.4 Å². The Morgan fingerprint density at radius 1 is 1.00 bits per heavy atom. The Labute approximate surface area is 230 Å². The van der Waals surface area contributed by atoms with Crippen molar-refractivity contribution in [1.82, 2.24) is 4.98 Å². The van der Waals surface area contributed by atoms with Gasteiger partial charge in [0.25, 0.3) is 5.78 Å². The van der Waals surface area contributed by atoms with Crippen LogP contribution in [0.25, 0.3) is 16.0 Å². The molecule has 0 aliphatic carbocycles. The first-order chi connectivity index (χ1) is 18.9. The summed E-state index contributed by atoms with van der Waals surface area (Å²) < 4.78 is 17.4. The number of anilines is 1. The number of hydrogen-bond acceptors (Lipinski definition) is 8. The Morgan fingerprint density at radius 2 is 1.74 bits per heavy atom. The van der Waals surface area contributed by atoms with Gasteiger partial charge in [-0.2, -0.15) is 0 Å². The summed E-state index contributed by atoms with van der Waals surface area (Å²) in [6, 6.07) is 16.8. The molecule has 1 atom stereocenters. The molecule has 1 aliphatic heterocycles. The molecule has 3 aromatic carbocycles. The van der Waals surface area contributed by atoms with Crippen LogP contribution in [0.1, 0.15) is 36.1 Å². The van der Waals surface area contributed by atoms with Gasteiger partial charge in [0.15, 0.2) is 16.6 Å². The molecule has 1 unspecified atom stereocenters. The molecular formula is C30H28N2O6S. The highest BCUT2D eigenvalue weighted by Crippen LogP contribution is 2.46. The number of amides is 1. The monoisotopic (exact) mass is 544 g/mol. The fourth-order valence-corrected chi connectivity index (χ4v) is 5.67. The number of rotatable bonds is 8. The fourth-order valence-electron chi connectivity index (χ4n) is 4.58. The van der Waals surface area contributed by atoms with Crippen LogP contribution in [-0.2, 0) is 9.59 Å². The van der Waals surface area contributed by atoms with E-state index in [1.165, 1.54) is 30.5 Å². The summed E-state index contributed by atoms with van der Waals surface area (Å²) >= 11 is 1.31. The number of benzene rings is 3.